The van der Waals surface area contributed by atoms with Crippen LogP contribution in [-0.4, -0.2) is 16.5 Å². The van der Waals surface area contributed by atoms with E-state index in [1.54, 1.807) is 0 Å². The Morgan fingerprint density at radius 1 is 1.29 bits per heavy atom. The normalized spacial score (nSPS) is 10.7. The maximum atomic E-state index is 5.52. The molecule has 0 radical (unpaired) electrons. The molecule has 3 heteroatoms. The Hall–Kier alpha value is -1.48. The van der Waals surface area contributed by atoms with Crippen LogP contribution in [0, 0.1) is 6.92 Å². The van der Waals surface area contributed by atoms with Crippen molar-refractivity contribution in [3.05, 3.63) is 35.8 Å². The summed E-state index contributed by atoms with van der Waals surface area (Å²) in [5.41, 5.74) is 8.52. The number of fused-ring (bicyclic) bond motifs is 1. The molecule has 0 bridgehead atoms. The van der Waals surface area contributed by atoms with Crippen molar-refractivity contribution in [1.82, 2.24) is 9.97 Å². The molecule has 0 spiro atoms. The zero-order valence-corrected chi connectivity index (χ0v) is 8.20. The number of pyridine rings is 2. The van der Waals surface area contributed by atoms with Crippen LogP contribution in [0.5, 0.6) is 0 Å². The van der Waals surface area contributed by atoms with Crippen LogP contribution in [0.3, 0.4) is 0 Å². The van der Waals surface area contributed by atoms with Gasteiger partial charge in [0.05, 0.1) is 11.2 Å². The summed E-state index contributed by atoms with van der Waals surface area (Å²) in [6, 6.07) is 6.05. The van der Waals surface area contributed by atoms with Crippen molar-refractivity contribution in [3.8, 4) is 0 Å². The molecular weight excluding hydrogens is 174 g/mol. The molecule has 2 heterocycles. The Bertz CT molecular complexity index is 451. The van der Waals surface area contributed by atoms with E-state index >= 15 is 0 Å². The van der Waals surface area contributed by atoms with Crippen LogP contribution in [0.2, 0.25) is 0 Å². The zero-order chi connectivity index (χ0) is 9.97. The monoisotopic (exact) mass is 187 g/mol. The Balaban J connectivity index is 2.64. The predicted molar refractivity (Wildman–Crippen MR) is 57.0 cm³/mol. The molecule has 2 aromatic heterocycles. The summed E-state index contributed by atoms with van der Waals surface area (Å²) in [4.78, 5) is 8.77. The van der Waals surface area contributed by atoms with E-state index in [9.17, 15) is 0 Å². The van der Waals surface area contributed by atoms with Gasteiger partial charge in [-0.1, -0.05) is 6.07 Å². The molecule has 0 saturated carbocycles. The summed E-state index contributed by atoms with van der Waals surface area (Å²) >= 11 is 0. The third-order valence-electron chi connectivity index (χ3n) is 2.20. The molecule has 0 aliphatic heterocycles. The van der Waals surface area contributed by atoms with Gasteiger partial charge in [0.1, 0.15) is 0 Å². The molecule has 2 N–H and O–H groups in total. The number of nitrogens with zero attached hydrogens (tertiary/aromatic N) is 2. The number of rotatable bonds is 2. The lowest BCUT2D eigenvalue weighted by molar-refractivity contribution is 0.929. The summed E-state index contributed by atoms with van der Waals surface area (Å²) in [5, 5.41) is 1.13. The van der Waals surface area contributed by atoms with Gasteiger partial charge in [0.25, 0.3) is 0 Å². The molecule has 0 aliphatic rings. The van der Waals surface area contributed by atoms with Gasteiger partial charge in [-0.25, -0.2) is 0 Å². The molecule has 2 aromatic rings. The highest BCUT2D eigenvalue weighted by Crippen LogP contribution is 2.14. The second-order valence-electron chi connectivity index (χ2n) is 3.32. The fourth-order valence-electron chi connectivity index (χ4n) is 1.52. The van der Waals surface area contributed by atoms with Crippen molar-refractivity contribution >= 4 is 10.9 Å². The third-order valence-corrected chi connectivity index (χ3v) is 2.20. The average molecular weight is 187 g/mol. The maximum absolute atomic E-state index is 5.52. The van der Waals surface area contributed by atoms with Gasteiger partial charge in [-0.05, 0) is 25.6 Å². The summed E-state index contributed by atoms with van der Waals surface area (Å²) in [6.45, 7) is 2.60. The molecule has 14 heavy (non-hydrogen) atoms. The van der Waals surface area contributed by atoms with Crippen LogP contribution in [0.15, 0.2) is 24.4 Å². The third kappa shape index (κ3) is 1.59. The standard InChI is InChI=1S/C11H13N3/c1-8-2-3-9-5-7-13-10(4-6-12)11(9)14-8/h2-3,5,7H,4,6,12H2,1H3. The SMILES string of the molecule is Cc1ccc2ccnc(CCN)c2n1. The summed E-state index contributed by atoms with van der Waals surface area (Å²) in [6.07, 6.45) is 2.60. The number of hydrogen-bond acceptors (Lipinski definition) is 3. The minimum Gasteiger partial charge on any atom is -0.330 e. The quantitative estimate of drug-likeness (QED) is 0.774. The zero-order valence-electron chi connectivity index (χ0n) is 8.20. The van der Waals surface area contributed by atoms with Crippen molar-refractivity contribution in [3.63, 3.8) is 0 Å². The van der Waals surface area contributed by atoms with Crippen molar-refractivity contribution in [2.24, 2.45) is 5.73 Å². The van der Waals surface area contributed by atoms with Gasteiger partial charge in [-0.15, -0.1) is 0 Å². The van der Waals surface area contributed by atoms with Crippen molar-refractivity contribution in [2.45, 2.75) is 13.3 Å². The first-order valence-corrected chi connectivity index (χ1v) is 4.72. The first kappa shape index (κ1) is 9.09. The van der Waals surface area contributed by atoms with Gasteiger partial charge >= 0.3 is 0 Å². The molecule has 3 nitrogen and oxygen atoms in total. The van der Waals surface area contributed by atoms with E-state index in [4.69, 9.17) is 5.73 Å². The number of nitrogens with two attached hydrogens (primary N) is 1. The van der Waals surface area contributed by atoms with Crippen LogP contribution in [0.1, 0.15) is 11.4 Å². The molecule has 0 saturated heterocycles. The van der Waals surface area contributed by atoms with Crippen LogP contribution < -0.4 is 5.73 Å². The van der Waals surface area contributed by atoms with Gasteiger partial charge in [-0.2, -0.15) is 0 Å². The second-order valence-corrected chi connectivity index (χ2v) is 3.32. The van der Waals surface area contributed by atoms with E-state index in [1.165, 1.54) is 0 Å². The van der Waals surface area contributed by atoms with E-state index in [1.807, 2.05) is 25.3 Å². The van der Waals surface area contributed by atoms with Crippen molar-refractivity contribution in [1.29, 1.82) is 0 Å². The molecule has 0 fully saturated rings. The Morgan fingerprint density at radius 2 is 2.14 bits per heavy atom. The molecule has 0 aliphatic carbocycles. The average Bonchev–Trinajstić information content (AvgIpc) is 2.19. The largest absolute Gasteiger partial charge is 0.330 e. The lowest BCUT2D eigenvalue weighted by Crippen LogP contribution is -2.05. The van der Waals surface area contributed by atoms with Crippen molar-refractivity contribution in [2.75, 3.05) is 6.54 Å². The van der Waals surface area contributed by atoms with E-state index < -0.39 is 0 Å². The molecular formula is C11H13N3. The van der Waals surface area contributed by atoms with E-state index in [0.717, 1.165) is 28.7 Å². The van der Waals surface area contributed by atoms with Crippen LogP contribution >= 0.6 is 0 Å². The molecule has 0 atom stereocenters. The summed E-state index contributed by atoms with van der Waals surface area (Å²) in [7, 11) is 0. The Kier molecular flexibility index (Phi) is 2.41. The number of hydrogen-bond donors (Lipinski definition) is 1. The summed E-state index contributed by atoms with van der Waals surface area (Å²) in [5.74, 6) is 0. The number of aryl methyl sites for hydroxylation is 1. The van der Waals surface area contributed by atoms with E-state index in [2.05, 4.69) is 16.0 Å². The van der Waals surface area contributed by atoms with Gasteiger partial charge in [0, 0.05) is 23.7 Å². The molecule has 2 rings (SSSR count). The van der Waals surface area contributed by atoms with Gasteiger partial charge in [-0.3, -0.25) is 9.97 Å². The van der Waals surface area contributed by atoms with E-state index in [0.29, 0.717) is 6.54 Å². The van der Waals surface area contributed by atoms with Crippen LogP contribution in [0.4, 0.5) is 0 Å². The Labute approximate surface area is 83.0 Å². The first-order chi connectivity index (χ1) is 6.81. The highest BCUT2D eigenvalue weighted by atomic mass is 14.8. The lowest BCUT2D eigenvalue weighted by Gasteiger charge is -2.03. The highest BCUT2D eigenvalue weighted by Gasteiger charge is 2.02. The van der Waals surface area contributed by atoms with Crippen LogP contribution in [0.25, 0.3) is 10.9 Å². The molecule has 0 amide bonds. The van der Waals surface area contributed by atoms with Crippen LogP contribution in [-0.2, 0) is 6.42 Å². The first-order valence-electron chi connectivity index (χ1n) is 4.72. The predicted octanol–water partition coefficient (Wildman–Crippen LogP) is 1.44. The fraction of sp³-hybridized carbons (Fsp3) is 0.273. The minimum atomic E-state index is 0.613. The summed E-state index contributed by atoms with van der Waals surface area (Å²) < 4.78 is 0. The Morgan fingerprint density at radius 3 is 2.93 bits per heavy atom. The minimum absolute atomic E-state index is 0.613. The second kappa shape index (κ2) is 3.72. The van der Waals surface area contributed by atoms with Gasteiger partial charge in [0.15, 0.2) is 0 Å². The maximum Gasteiger partial charge on any atom is 0.0920 e. The topological polar surface area (TPSA) is 51.8 Å². The van der Waals surface area contributed by atoms with Gasteiger partial charge < -0.3 is 5.73 Å². The molecule has 0 unspecified atom stereocenters. The smallest absolute Gasteiger partial charge is 0.0920 e. The number of aromatic nitrogens is 2. The molecule has 72 valence electrons. The van der Waals surface area contributed by atoms with Gasteiger partial charge in [0.2, 0.25) is 0 Å². The fourth-order valence-corrected chi connectivity index (χ4v) is 1.52. The highest BCUT2D eigenvalue weighted by molar-refractivity contribution is 5.80. The lowest BCUT2D eigenvalue weighted by atomic mass is 10.1. The van der Waals surface area contributed by atoms with Crippen molar-refractivity contribution < 1.29 is 0 Å². The van der Waals surface area contributed by atoms with E-state index in [-0.39, 0.29) is 0 Å². The molecule has 0 aromatic carbocycles.